The van der Waals surface area contributed by atoms with E-state index in [1.54, 1.807) is 27.0 Å². The minimum absolute atomic E-state index is 0.0122. The first-order valence-electron chi connectivity index (χ1n) is 10.4. The molecule has 0 radical (unpaired) electrons. The van der Waals surface area contributed by atoms with E-state index >= 15 is 0 Å². The van der Waals surface area contributed by atoms with Gasteiger partial charge in [0.2, 0.25) is 11.8 Å². The maximum absolute atomic E-state index is 12.9. The predicted molar refractivity (Wildman–Crippen MR) is 115 cm³/mol. The number of rotatable bonds is 6. The number of nitrogens with one attached hydrogen (secondary N) is 1. The van der Waals surface area contributed by atoms with Gasteiger partial charge in [0, 0.05) is 38.8 Å². The number of carbonyl (C=O) groups is 2. The van der Waals surface area contributed by atoms with Crippen LogP contribution in [0.1, 0.15) is 12.7 Å². The van der Waals surface area contributed by atoms with Crippen LogP contribution in [0.3, 0.4) is 0 Å². The van der Waals surface area contributed by atoms with Crippen LogP contribution in [-0.4, -0.2) is 68.6 Å². The Morgan fingerprint density at radius 2 is 1.74 bits per heavy atom. The number of piperazine rings is 1. The van der Waals surface area contributed by atoms with Crippen molar-refractivity contribution < 1.29 is 14.1 Å². The van der Waals surface area contributed by atoms with Crippen molar-refractivity contribution in [3.63, 3.8) is 0 Å². The third kappa shape index (κ3) is 4.38. The Kier molecular flexibility index (Phi) is 5.90. The van der Waals surface area contributed by atoms with E-state index in [0.29, 0.717) is 44.3 Å². The Hall–Kier alpha value is -3.40. The van der Waals surface area contributed by atoms with Gasteiger partial charge in [0.1, 0.15) is 12.3 Å². The molecule has 1 saturated heterocycles. The number of imidazole rings is 1. The second-order valence-electron chi connectivity index (χ2n) is 7.63. The maximum Gasteiger partial charge on any atom is 0.329 e. The van der Waals surface area contributed by atoms with Crippen molar-refractivity contribution in [1.82, 2.24) is 24.1 Å². The molecule has 1 N–H and O–H groups in total. The standard InChI is InChI=1S/C21H26N6O4/c1-3-26-16-6-4-5-7-17(16)27(21(26)30)14-20(29)25-10-8-24(9-11-25)13-19(28)22-18-12-15(2)31-23-18/h4-7,12H,3,8-11,13-14H2,1-2H3,(H,22,23,28). The van der Waals surface area contributed by atoms with Gasteiger partial charge in [-0.2, -0.15) is 0 Å². The van der Waals surface area contributed by atoms with Crippen LogP contribution in [0, 0.1) is 6.92 Å². The zero-order valence-corrected chi connectivity index (χ0v) is 17.7. The van der Waals surface area contributed by atoms with E-state index < -0.39 is 0 Å². The molecule has 10 heteroatoms. The quantitative estimate of drug-likeness (QED) is 0.628. The summed E-state index contributed by atoms with van der Waals surface area (Å²) in [4.78, 5) is 41.5. The Morgan fingerprint density at radius 3 is 2.35 bits per heavy atom. The fourth-order valence-corrected chi connectivity index (χ4v) is 3.93. The van der Waals surface area contributed by atoms with E-state index in [1.165, 1.54) is 0 Å². The van der Waals surface area contributed by atoms with Gasteiger partial charge in [0.05, 0.1) is 17.6 Å². The lowest BCUT2D eigenvalue weighted by molar-refractivity contribution is -0.133. The lowest BCUT2D eigenvalue weighted by Gasteiger charge is -2.34. The first-order chi connectivity index (χ1) is 15.0. The van der Waals surface area contributed by atoms with Gasteiger partial charge in [0.25, 0.3) is 0 Å². The number of para-hydroxylation sites is 2. The summed E-state index contributed by atoms with van der Waals surface area (Å²) in [6.45, 7) is 6.65. The number of anilines is 1. The smallest absolute Gasteiger partial charge is 0.329 e. The topological polar surface area (TPSA) is 106 Å². The summed E-state index contributed by atoms with van der Waals surface area (Å²) in [7, 11) is 0. The summed E-state index contributed by atoms with van der Waals surface area (Å²) in [6.07, 6.45) is 0. The molecule has 0 unspecified atom stereocenters. The van der Waals surface area contributed by atoms with Gasteiger partial charge in [-0.1, -0.05) is 17.3 Å². The third-order valence-corrected chi connectivity index (χ3v) is 5.52. The van der Waals surface area contributed by atoms with Crippen LogP contribution in [-0.2, 0) is 22.7 Å². The summed E-state index contributed by atoms with van der Waals surface area (Å²) in [6, 6.07) is 9.17. The largest absolute Gasteiger partial charge is 0.360 e. The van der Waals surface area contributed by atoms with Gasteiger partial charge in [-0.05, 0) is 26.0 Å². The molecule has 0 bridgehead atoms. The Labute approximate surface area is 179 Å². The lowest BCUT2D eigenvalue weighted by Crippen LogP contribution is -2.51. The molecule has 164 valence electrons. The predicted octanol–water partition coefficient (Wildman–Crippen LogP) is 0.902. The molecule has 1 aliphatic rings. The number of nitrogens with zero attached hydrogens (tertiary/aromatic N) is 5. The van der Waals surface area contributed by atoms with Crippen molar-refractivity contribution in [2.45, 2.75) is 26.9 Å². The molecule has 2 aromatic heterocycles. The van der Waals surface area contributed by atoms with Crippen LogP contribution in [0.4, 0.5) is 5.82 Å². The molecule has 3 aromatic rings. The molecule has 1 aliphatic heterocycles. The number of amides is 2. The number of fused-ring (bicyclic) bond motifs is 1. The first-order valence-corrected chi connectivity index (χ1v) is 10.4. The molecule has 0 spiro atoms. The monoisotopic (exact) mass is 426 g/mol. The summed E-state index contributed by atoms with van der Waals surface area (Å²) in [5.41, 5.74) is 1.43. The van der Waals surface area contributed by atoms with Crippen molar-refractivity contribution >= 4 is 28.7 Å². The first kappa shape index (κ1) is 20.9. The Bertz CT molecular complexity index is 1150. The molecular weight excluding hydrogens is 400 g/mol. The second kappa shape index (κ2) is 8.76. The SMILES string of the molecule is CCn1c(=O)n(CC(=O)N2CCN(CC(=O)Nc3cc(C)on3)CC2)c2ccccc21. The molecule has 10 nitrogen and oxygen atoms in total. The van der Waals surface area contributed by atoms with Gasteiger partial charge >= 0.3 is 5.69 Å². The summed E-state index contributed by atoms with van der Waals surface area (Å²) in [5, 5.41) is 6.45. The maximum atomic E-state index is 12.9. The van der Waals surface area contributed by atoms with E-state index in [1.807, 2.05) is 36.1 Å². The number of hydrogen-bond donors (Lipinski definition) is 1. The highest BCUT2D eigenvalue weighted by Crippen LogP contribution is 2.13. The molecule has 1 aromatic carbocycles. The molecule has 4 rings (SSSR count). The van der Waals surface area contributed by atoms with E-state index in [9.17, 15) is 14.4 Å². The summed E-state index contributed by atoms with van der Waals surface area (Å²) in [5.74, 6) is 0.756. The number of benzene rings is 1. The highest BCUT2D eigenvalue weighted by molar-refractivity contribution is 5.91. The van der Waals surface area contributed by atoms with Crippen molar-refractivity contribution in [2.75, 3.05) is 38.0 Å². The highest BCUT2D eigenvalue weighted by atomic mass is 16.5. The van der Waals surface area contributed by atoms with E-state index in [2.05, 4.69) is 10.5 Å². The average Bonchev–Trinajstić information content (AvgIpc) is 3.28. The van der Waals surface area contributed by atoms with E-state index in [4.69, 9.17) is 4.52 Å². The Balaban J connectivity index is 1.34. The van der Waals surface area contributed by atoms with E-state index in [-0.39, 0.29) is 30.6 Å². The van der Waals surface area contributed by atoms with Gasteiger partial charge in [-0.15, -0.1) is 0 Å². The zero-order chi connectivity index (χ0) is 22.0. The second-order valence-corrected chi connectivity index (χ2v) is 7.63. The summed E-state index contributed by atoms with van der Waals surface area (Å²) >= 11 is 0. The number of aryl methyl sites for hydroxylation is 2. The molecule has 1 fully saturated rings. The molecular formula is C21H26N6O4. The van der Waals surface area contributed by atoms with Gasteiger partial charge in [-0.25, -0.2) is 4.79 Å². The fraction of sp³-hybridized carbons (Fsp3) is 0.429. The minimum Gasteiger partial charge on any atom is -0.360 e. The molecule has 0 aliphatic carbocycles. The number of aromatic nitrogens is 3. The highest BCUT2D eigenvalue weighted by Gasteiger charge is 2.24. The van der Waals surface area contributed by atoms with Crippen molar-refractivity contribution in [1.29, 1.82) is 0 Å². The van der Waals surface area contributed by atoms with Gasteiger partial charge < -0.3 is 14.7 Å². The van der Waals surface area contributed by atoms with Crippen LogP contribution < -0.4 is 11.0 Å². The molecule has 0 atom stereocenters. The molecule has 31 heavy (non-hydrogen) atoms. The van der Waals surface area contributed by atoms with Gasteiger partial charge in [0.15, 0.2) is 5.82 Å². The average molecular weight is 426 g/mol. The molecule has 0 saturated carbocycles. The van der Waals surface area contributed by atoms with Gasteiger partial charge in [-0.3, -0.25) is 23.6 Å². The normalized spacial score (nSPS) is 14.8. The van der Waals surface area contributed by atoms with Crippen LogP contribution in [0.25, 0.3) is 11.0 Å². The van der Waals surface area contributed by atoms with E-state index in [0.717, 1.165) is 11.0 Å². The molecule has 3 heterocycles. The van der Waals surface area contributed by atoms with Crippen molar-refractivity contribution in [2.24, 2.45) is 0 Å². The van der Waals surface area contributed by atoms with Crippen LogP contribution in [0.15, 0.2) is 39.6 Å². The van der Waals surface area contributed by atoms with Crippen LogP contribution >= 0.6 is 0 Å². The number of hydrogen-bond acceptors (Lipinski definition) is 6. The minimum atomic E-state index is -0.174. The lowest BCUT2D eigenvalue weighted by atomic mass is 10.3. The number of carbonyl (C=O) groups excluding carboxylic acids is 2. The fourth-order valence-electron chi connectivity index (χ4n) is 3.93. The summed E-state index contributed by atoms with van der Waals surface area (Å²) < 4.78 is 8.16. The van der Waals surface area contributed by atoms with Crippen LogP contribution in [0.5, 0.6) is 0 Å². The van der Waals surface area contributed by atoms with Crippen molar-refractivity contribution in [3.8, 4) is 0 Å². The molecule has 2 amide bonds. The zero-order valence-electron chi connectivity index (χ0n) is 17.7. The Morgan fingerprint density at radius 1 is 1.06 bits per heavy atom. The third-order valence-electron chi connectivity index (χ3n) is 5.52. The van der Waals surface area contributed by atoms with Crippen LogP contribution in [0.2, 0.25) is 0 Å². The van der Waals surface area contributed by atoms with Crippen molar-refractivity contribution in [3.05, 3.63) is 46.6 Å².